The highest BCUT2D eigenvalue weighted by Crippen LogP contribution is 2.23. The van der Waals surface area contributed by atoms with E-state index in [0.717, 1.165) is 24.9 Å². The first-order valence-corrected chi connectivity index (χ1v) is 6.73. The van der Waals surface area contributed by atoms with Gasteiger partial charge in [-0.1, -0.05) is 6.42 Å². The zero-order chi connectivity index (χ0) is 12.1. The number of likely N-dealkylation sites (tertiary alicyclic amines) is 1. The third kappa shape index (κ3) is 3.33. The number of aryl methyl sites for hydroxylation is 1. The molecule has 0 amide bonds. The second-order valence-corrected chi connectivity index (χ2v) is 5.04. The van der Waals surface area contributed by atoms with Crippen LogP contribution in [0.4, 0.5) is 0 Å². The van der Waals surface area contributed by atoms with E-state index in [2.05, 4.69) is 23.2 Å². The summed E-state index contributed by atoms with van der Waals surface area (Å²) in [5.41, 5.74) is 1.28. The van der Waals surface area contributed by atoms with Gasteiger partial charge in [-0.15, -0.1) is 0 Å². The Bertz CT molecular complexity index is 335. The third-order valence-electron chi connectivity index (χ3n) is 3.79. The smallest absolute Gasteiger partial charge is 0.120 e. The third-order valence-corrected chi connectivity index (χ3v) is 3.79. The molecule has 1 atom stereocenters. The minimum atomic E-state index is 0.723. The van der Waals surface area contributed by atoms with E-state index in [9.17, 15) is 0 Å². The van der Waals surface area contributed by atoms with Crippen molar-refractivity contribution in [1.29, 1.82) is 0 Å². The monoisotopic (exact) mass is 236 g/mol. The Labute approximate surface area is 104 Å². The molecule has 0 aliphatic carbocycles. The number of hydrogen-bond acceptors (Lipinski definition) is 3. The maximum Gasteiger partial charge on any atom is 0.120 e. The van der Waals surface area contributed by atoms with Crippen LogP contribution in [0.3, 0.4) is 0 Å². The maximum atomic E-state index is 5.56. The molecular formula is C14H24N2O. The highest BCUT2D eigenvalue weighted by atomic mass is 16.3. The lowest BCUT2D eigenvalue weighted by Gasteiger charge is -2.35. The van der Waals surface area contributed by atoms with Gasteiger partial charge in [0.15, 0.2) is 0 Å². The molecule has 1 aliphatic rings. The van der Waals surface area contributed by atoms with E-state index >= 15 is 0 Å². The van der Waals surface area contributed by atoms with Gasteiger partial charge in [-0.05, 0) is 58.0 Å². The minimum absolute atomic E-state index is 0.723. The van der Waals surface area contributed by atoms with E-state index in [0.29, 0.717) is 0 Å². The van der Waals surface area contributed by atoms with Crippen molar-refractivity contribution in [1.82, 2.24) is 10.2 Å². The van der Waals surface area contributed by atoms with E-state index in [1.165, 1.54) is 37.8 Å². The average molecular weight is 236 g/mol. The largest absolute Gasteiger partial charge is 0.468 e. The fourth-order valence-corrected chi connectivity index (χ4v) is 2.66. The molecule has 0 spiro atoms. The molecule has 0 bridgehead atoms. The Morgan fingerprint density at radius 2 is 2.35 bits per heavy atom. The van der Waals surface area contributed by atoms with Crippen LogP contribution in [0.1, 0.15) is 37.0 Å². The minimum Gasteiger partial charge on any atom is -0.468 e. The van der Waals surface area contributed by atoms with E-state index < -0.39 is 0 Å². The predicted molar refractivity (Wildman–Crippen MR) is 70.0 cm³/mol. The van der Waals surface area contributed by atoms with Crippen molar-refractivity contribution in [2.24, 2.45) is 0 Å². The molecule has 2 heterocycles. The SMILES string of the molecule is CNCCC1CCCCN1Cc1occc1C. The zero-order valence-electron chi connectivity index (χ0n) is 11.0. The number of furan rings is 1. The molecule has 1 aromatic rings. The van der Waals surface area contributed by atoms with Gasteiger partial charge < -0.3 is 9.73 Å². The van der Waals surface area contributed by atoms with Crippen molar-refractivity contribution in [3.8, 4) is 0 Å². The van der Waals surface area contributed by atoms with Gasteiger partial charge in [-0.3, -0.25) is 4.90 Å². The number of piperidine rings is 1. The van der Waals surface area contributed by atoms with Gasteiger partial charge in [-0.2, -0.15) is 0 Å². The van der Waals surface area contributed by atoms with Crippen LogP contribution in [0.5, 0.6) is 0 Å². The average Bonchev–Trinajstić information content (AvgIpc) is 2.74. The molecule has 0 radical (unpaired) electrons. The van der Waals surface area contributed by atoms with Gasteiger partial charge in [0.05, 0.1) is 12.8 Å². The van der Waals surface area contributed by atoms with Crippen LogP contribution in [0.25, 0.3) is 0 Å². The molecule has 0 saturated carbocycles. The molecule has 1 saturated heterocycles. The van der Waals surface area contributed by atoms with Crippen LogP contribution < -0.4 is 5.32 Å². The molecule has 1 unspecified atom stereocenters. The summed E-state index contributed by atoms with van der Waals surface area (Å²) in [6.45, 7) is 5.44. The molecule has 3 nitrogen and oxygen atoms in total. The summed E-state index contributed by atoms with van der Waals surface area (Å²) in [6.07, 6.45) is 7.09. The molecule has 2 rings (SSSR count). The quantitative estimate of drug-likeness (QED) is 0.851. The lowest BCUT2D eigenvalue weighted by molar-refractivity contribution is 0.123. The first-order valence-electron chi connectivity index (χ1n) is 6.73. The Kier molecular flexibility index (Phi) is 4.63. The van der Waals surface area contributed by atoms with Crippen molar-refractivity contribution >= 4 is 0 Å². The lowest BCUT2D eigenvalue weighted by Crippen LogP contribution is -2.40. The summed E-state index contributed by atoms with van der Waals surface area (Å²) in [5, 5.41) is 3.26. The number of rotatable bonds is 5. The topological polar surface area (TPSA) is 28.4 Å². The van der Waals surface area contributed by atoms with Crippen LogP contribution in [-0.2, 0) is 6.54 Å². The molecule has 17 heavy (non-hydrogen) atoms. The molecule has 1 N–H and O–H groups in total. The molecule has 1 aliphatic heterocycles. The van der Waals surface area contributed by atoms with E-state index in [-0.39, 0.29) is 0 Å². The summed E-state index contributed by atoms with van der Waals surface area (Å²) in [4.78, 5) is 2.59. The molecular weight excluding hydrogens is 212 g/mol. The van der Waals surface area contributed by atoms with Crippen molar-refractivity contribution < 1.29 is 4.42 Å². The number of nitrogens with one attached hydrogen (secondary N) is 1. The van der Waals surface area contributed by atoms with Crippen molar-refractivity contribution in [3.63, 3.8) is 0 Å². The summed E-state index contributed by atoms with van der Waals surface area (Å²) >= 11 is 0. The fraction of sp³-hybridized carbons (Fsp3) is 0.714. The molecule has 96 valence electrons. The van der Waals surface area contributed by atoms with E-state index in [1.54, 1.807) is 6.26 Å². The molecule has 1 fully saturated rings. The van der Waals surface area contributed by atoms with Crippen LogP contribution in [0.2, 0.25) is 0 Å². The summed E-state index contributed by atoms with van der Waals surface area (Å²) in [7, 11) is 2.03. The van der Waals surface area contributed by atoms with Gasteiger partial charge in [-0.25, -0.2) is 0 Å². The van der Waals surface area contributed by atoms with Gasteiger partial charge >= 0.3 is 0 Å². The van der Waals surface area contributed by atoms with Gasteiger partial charge in [0.25, 0.3) is 0 Å². The van der Waals surface area contributed by atoms with E-state index in [4.69, 9.17) is 4.42 Å². The second-order valence-electron chi connectivity index (χ2n) is 5.04. The highest BCUT2D eigenvalue weighted by Gasteiger charge is 2.23. The number of nitrogens with zero attached hydrogens (tertiary/aromatic N) is 1. The fourth-order valence-electron chi connectivity index (χ4n) is 2.66. The zero-order valence-corrected chi connectivity index (χ0v) is 11.0. The van der Waals surface area contributed by atoms with Crippen LogP contribution in [0, 0.1) is 6.92 Å². The summed E-state index contributed by atoms with van der Waals surface area (Å²) < 4.78 is 5.56. The first-order chi connectivity index (χ1) is 8.31. The Morgan fingerprint density at radius 3 is 3.06 bits per heavy atom. The van der Waals surface area contributed by atoms with Gasteiger partial charge in [0.2, 0.25) is 0 Å². The van der Waals surface area contributed by atoms with E-state index in [1.807, 2.05) is 7.05 Å². The van der Waals surface area contributed by atoms with Crippen molar-refractivity contribution in [2.75, 3.05) is 20.1 Å². The molecule has 3 heteroatoms. The predicted octanol–water partition coefficient (Wildman–Crippen LogP) is 2.55. The maximum absolute atomic E-state index is 5.56. The Morgan fingerprint density at radius 1 is 1.47 bits per heavy atom. The number of hydrogen-bond donors (Lipinski definition) is 1. The van der Waals surface area contributed by atoms with Gasteiger partial charge in [0, 0.05) is 6.04 Å². The second kappa shape index (κ2) is 6.22. The van der Waals surface area contributed by atoms with Crippen molar-refractivity contribution in [2.45, 2.75) is 45.2 Å². The Hall–Kier alpha value is -0.800. The van der Waals surface area contributed by atoms with Gasteiger partial charge in [0.1, 0.15) is 5.76 Å². The highest BCUT2D eigenvalue weighted by molar-refractivity contribution is 5.14. The normalized spacial score (nSPS) is 21.9. The van der Waals surface area contributed by atoms with Crippen LogP contribution >= 0.6 is 0 Å². The Balaban J connectivity index is 1.94. The molecule has 1 aromatic heterocycles. The molecule has 0 aromatic carbocycles. The van der Waals surface area contributed by atoms with Crippen LogP contribution in [0.15, 0.2) is 16.7 Å². The van der Waals surface area contributed by atoms with Crippen LogP contribution in [-0.4, -0.2) is 31.1 Å². The lowest BCUT2D eigenvalue weighted by atomic mass is 9.99. The van der Waals surface area contributed by atoms with Crippen molar-refractivity contribution in [3.05, 3.63) is 23.7 Å². The summed E-state index contributed by atoms with van der Waals surface area (Å²) in [6, 6.07) is 2.78. The first kappa shape index (κ1) is 12.7. The summed E-state index contributed by atoms with van der Waals surface area (Å²) in [5.74, 6) is 1.14. The standard InChI is InChI=1S/C14H24N2O/c1-12-7-10-17-14(12)11-16-9-4-3-5-13(16)6-8-15-2/h7,10,13,15H,3-6,8-9,11H2,1-2H3.